The molecule has 0 aliphatic carbocycles. The second-order valence-electron chi connectivity index (χ2n) is 6.03. The first-order chi connectivity index (χ1) is 12.0. The number of halogens is 3. The van der Waals surface area contributed by atoms with Crippen molar-refractivity contribution in [2.75, 3.05) is 6.54 Å². The first-order valence-corrected chi connectivity index (χ1v) is 8.56. The predicted molar refractivity (Wildman–Crippen MR) is 94.5 cm³/mol. The number of carbonyl (C=O) groups is 1. The minimum atomic E-state index is -3.23. The lowest BCUT2D eigenvalue weighted by Crippen LogP contribution is -2.36. The van der Waals surface area contributed by atoms with Gasteiger partial charge in [0.2, 0.25) is 0 Å². The molecule has 0 spiro atoms. The van der Waals surface area contributed by atoms with Crippen molar-refractivity contribution >= 4 is 32.7 Å². The lowest BCUT2D eigenvalue weighted by molar-refractivity contribution is -0.0359. The van der Waals surface area contributed by atoms with Crippen LogP contribution in [-0.2, 0) is 12.5 Å². The summed E-state index contributed by atoms with van der Waals surface area (Å²) in [4.78, 5) is 17.7. The number of amides is 1. The van der Waals surface area contributed by atoms with Crippen LogP contribution in [-0.4, -0.2) is 22.3 Å². The maximum atomic E-state index is 14.8. The maximum Gasteiger partial charge on any atom is 0.306 e. The van der Waals surface area contributed by atoms with E-state index in [9.17, 15) is 13.6 Å². The monoisotopic (exact) mass is 402 g/mol. The Hall–Kier alpha value is -2.34. The summed E-state index contributed by atoms with van der Waals surface area (Å²) in [5.41, 5.74) is 1.40. The van der Waals surface area contributed by atoms with Gasteiger partial charge in [0.1, 0.15) is 5.69 Å². The lowest BCUT2D eigenvalue weighted by atomic mass is 10.1. The number of rotatable bonds is 3. The zero-order valence-electron chi connectivity index (χ0n) is 13.0. The van der Waals surface area contributed by atoms with Crippen LogP contribution in [0.15, 0.2) is 59.1 Å². The largest absolute Gasteiger partial charge is 0.328 e. The molecule has 0 saturated heterocycles. The normalized spacial score (nSPS) is 14.2. The summed E-state index contributed by atoms with van der Waals surface area (Å²) in [6.45, 7) is -0.519. The van der Waals surface area contributed by atoms with Crippen molar-refractivity contribution in [2.45, 2.75) is 12.5 Å². The summed E-state index contributed by atoms with van der Waals surface area (Å²) in [7, 11) is 0. The molecule has 1 aromatic heterocycles. The van der Waals surface area contributed by atoms with Crippen molar-refractivity contribution in [3.8, 4) is 0 Å². The van der Waals surface area contributed by atoms with Gasteiger partial charge in [-0.15, -0.1) is 0 Å². The molecule has 0 bridgehead atoms. The van der Waals surface area contributed by atoms with E-state index in [0.29, 0.717) is 15.6 Å². The van der Waals surface area contributed by atoms with E-state index in [2.05, 4.69) is 20.9 Å². The molecule has 1 amide bonds. The number of para-hydroxylation sites is 1. The molecule has 126 valence electrons. The van der Waals surface area contributed by atoms with Crippen LogP contribution in [0.1, 0.15) is 21.6 Å². The molecule has 1 aliphatic heterocycles. The molecule has 2 aromatic carbocycles. The Morgan fingerprint density at radius 1 is 1.08 bits per heavy atom. The fraction of sp³-hybridized carbons (Fsp3) is 0.158. The van der Waals surface area contributed by atoms with E-state index in [1.807, 2.05) is 12.1 Å². The minimum Gasteiger partial charge on any atom is -0.328 e. The molecule has 0 saturated carbocycles. The van der Waals surface area contributed by atoms with Gasteiger partial charge in [-0.1, -0.05) is 36.4 Å². The van der Waals surface area contributed by atoms with Gasteiger partial charge in [-0.3, -0.25) is 4.79 Å². The Labute approximate surface area is 151 Å². The summed E-state index contributed by atoms with van der Waals surface area (Å²) in [6.07, 6.45) is 0. The molecule has 0 N–H and O–H groups in total. The van der Waals surface area contributed by atoms with Gasteiger partial charge in [0.25, 0.3) is 5.91 Å². The highest BCUT2D eigenvalue weighted by Gasteiger charge is 2.40. The zero-order valence-corrected chi connectivity index (χ0v) is 14.6. The number of benzene rings is 2. The van der Waals surface area contributed by atoms with Crippen LogP contribution in [0, 0.1) is 0 Å². The van der Waals surface area contributed by atoms with Crippen molar-refractivity contribution < 1.29 is 13.6 Å². The van der Waals surface area contributed by atoms with Gasteiger partial charge in [0.05, 0.1) is 17.6 Å². The fourth-order valence-electron chi connectivity index (χ4n) is 3.09. The average Bonchev–Trinajstić information content (AvgIpc) is 2.91. The van der Waals surface area contributed by atoms with Crippen LogP contribution >= 0.6 is 15.9 Å². The number of nitrogens with zero attached hydrogens (tertiary/aromatic N) is 2. The average molecular weight is 403 g/mol. The summed E-state index contributed by atoms with van der Waals surface area (Å²) < 4.78 is 30.2. The number of pyridine rings is 1. The van der Waals surface area contributed by atoms with Crippen LogP contribution in [0.5, 0.6) is 0 Å². The van der Waals surface area contributed by atoms with Crippen LogP contribution < -0.4 is 0 Å². The molecule has 0 unspecified atom stereocenters. The van der Waals surface area contributed by atoms with Gasteiger partial charge in [-0.05, 0) is 39.7 Å². The molecule has 3 nitrogen and oxygen atoms in total. The van der Waals surface area contributed by atoms with Crippen molar-refractivity contribution in [1.82, 2.24) is 9.88 Å². The lowest BCUT2D eigenvalue weighted by Gasteiger charge is -2.23. The standard InChI is InChI=1S/C19H13BrF2N2O/c20-14-6-3-5-13-10-24(18(25)17(13)14)11-19(21,22)16-9-8-12-4-1-2-7-15(12)23-16/h1-9H,10-11H2. The number of fused-ring (bicyclic) bond motifs is 2. The maximum absolute atomic E-state index is 14.8. The second-order valence-corrected chi connectivity index (χ2v) is 6.88. The van der Waals surface area contributed by atoms with Gasteiger partial charge in [0, 0.05) is 16.4 Å². The zero-order chi connectivity index (χ0) is 17.6. The summed E-state index contributed by atoms with van der Waals surface area (Å²) in [5, 5.41) is 0.802. The molecule has 2 heterocycles. The summed E-state index contributed by atoms with van der Waals surface area (Å²) in [6, 6.07) is 15.4. The van der Waals surface area contributed by atoms with E-state index in [0.717, 1.165) is 10.9 Å². The number of hydrogen-bond acceptors (Lipinski definition) is 2. The minimum absolute atomic E-state index is 0.177. The quantitative estimate of drug-likeness (QED) is 0.633. The first kappa shape index (κ1) is 16.1. The molecule has 4 rings (SSSR count). The second kappa shape index (κ2) is 5.88. The van der Waals surface area contributed by atoms with E-state index >= 15 is 0 Å². The van der Waals surface area contributed by atoms with Gasteiger partial charge < -0.3 is 4.90 Å². The van der Waals surface area contributed by atoms with Crippen molar-refractivity contribution in [1.29, 1.82) is 0 Å². The summed E-state index contributed by atoms with van der Waals surface area (Å²) in [5.74, 6) is -3.61. The Morgan fingerprint density at radius 2 is 1.88 bits per heavy atom. The molecule has 0 atom stereocenters. The highest BCUT2D eigenvalue weighted by molar-refractivity contribution is 9.10. The SMILES string of the molecule is O=C1c2c(Br)cccc2CN1CC(F)(F)c1ccc2ccccc2n1. The first-order valence-electron chi connectivity index (χ1n) is 7.76. The third-order valence-electron chi connectivity index (χ3n) is 4.32. The Bertz CT molecular complexity index is 990. The smallest absolute Gasteiger partial charge is 0.306 e. The summed E-state index contributed by atoms with van der Waals surface area (Å²) >= 11 is 3.32. The van der Waals surface area contributed by atoms with Gasteiger partial charge in [0.15, 0.2) is 0 Å². The number of hydrogen-bond donors (Lipinski definition) is 0. The third kappa shape index (κ3) is 2.80. The predicted octanol–water partition coefficient (Wildman–Crippen LogP) is 4.75. The molecule has 25 heavy (non-hydrogen) atoms. The molecule has 6 heteroatoms. The highest BCUT2D eigenvalue weighted by Crippen LogP contribution is 2.34. The topological polar surface area (TPSA) is 33.2 Å². The van der Waals surface area contributed by atoms with Crippen molar-refractivity contribution in [3.63, 3.8) is 0 Å². The van der Waals surface area contributed by atoms with Crippen LogP contribution in [0.2, 0.25) is 0 Å². The number of alkyl halides is 2. The molecule has 0 radical (unpaired) electrons. The van der Waals surface area contributed by atoms with Crippen LogP contribution in [0.3, 0.4) is 0 Å². The van der Waals surface area contributed by atoms with E-state index < -0.39 is 12.5 Å². The third-order valence-corrected chi connectivity index (χ3v) is 4.99. The molecule has 3 aromatic rings. The van der Waals surface area contributed by atoms with E-state index in [-0.39, 0.29) is 18.1 Å². The Kier molecular flexibility index (Phi) is 3.80. The Morgan fingerprint density at radius 3 is 2.68 bits per heavy atom. The Balaban J connectivity index is 1.63. The molecule has 1 aliphatic rings. The van der Waals surface area contributed by atoms with Crippen molar-refractivity contribution in [2.24, 2.45) is 0 Å². The number of aromatic nitrogens is 1. The van der Waals surface area contributed by atoms with E-state index in [1.165, 1.54) is 11.0 Å². The van der Waals surface area contributed by atoms with Gasteiger partial charge in [-0.2, -0.15) is 8.78 Å². The van der Waals surface area contributed by atoms with Crippen LogP contribution in [0.25, 0.3) is 10.9 Å². The molecular weight excluding hydrogens is 390 g/mol. The van der Waals surface area contributed by atoms with Gasteiger partial charge >= 0.3 is 5.92 Å². The fourth-order valence-corrected chi connectivity index (χ4v) is 3.67. The highest BCUT2D eigenvalue weighted by atomic mass is 79.9. The molecular formula is C19H13BrF2N2O. The van der Waals surface area contributed by atoms with Gasteiger partial charge in [-0.25, -0.2) is 4.98 Å². The number of carbonyl (C=O) groups excluding carboxylic acids is 1. The van der Waals surface area contributed by atoms with Crippen LogP contribution in [0.4, 0.5) is 8.78 Å². The van der Waals surface area contributed by atoms with Crippen molar-refractivity contribution in [3.05, 3.63) is 75.9 Å². The van der Waals surface area contributed by atoms with E-state index in [4.69, 9.17) is 0 Å². The van der Waals surface area contributed by atoms with E-state index in [1.54, 1.807) is 36.4 Å². The molecule has 0 fully saturated rings.